The van der Waals surface area contributed by atoms with Crippen LogP contribution in [0.5, 0.6) is 11.5 Å². The first-order chi connectivity index (χ1) is 13.6. The van der Waals surface area contributed by atoms with Crippen LogP contribution in [0.4, 0.5) is 0 Å². The Labute approximate surface area is 170 Å². The van der Waals surface area contributed by atoms with E-state index in [0.717, 1.165) is 42.6 Å². The van der Waals surface area contributed by atoms with Crippen molar-refractivity contribution in [1.82, 2.24) is 15.2 Å². The predicted octanol–water partition coefficient (Wildman–Crippen LogP) is 1.82. The molecule has 1 aromatic heterocycles. The van der Waals surface area contributed by atoms with Crippen LogP contribution >= 0.6 is 11.3 Å². The summed E-state index contributed by atoms with van der Waals surface area (Å²) >= 11 is 1.61. The van der Waals surface area contributed by atoms with Gasteiger partial charge in [-0.25, -0.2) is 4.98 Å². The van der Waals surface area contributed by atoms with E-state index < -0.39 is 6.10 Å². The Kier molecular flexibility index (Phi) is 8.05. The zero-order chi connectivity index (χ0) is 19.8. The van der Waals surface area contributed by atoms with Crippen LogP contribution in [0.15, 0.2) is 23.6 Å². The first-order valence-electron chi connectivity index (χ1n) is 9.53. The van der Waals surface area contributed by atoms with Crippen LogP contribution in [0, 0.1) is 6.92 Å². The van der Waals surface area contributed by atoms with Crippen LogP contribution < -0.4 is 14.8 Å². The number of ether oxygens (including phenoxy) is 3. The molecular formula is C20H29N3O4S. The summed E-state index contributed by atoms with van der Waals surface area (Å²) in [4.78, 5) is 6.64. The van der Waals surface area contributed by atoms with Gasteiger partial charge in [0.25, 0.3) is 0 Å². The fourth-order valence-electron chi connectivity index (χ4n) is 3.10. The lowest BCUT2D eigenvalue weighted by atomic mass is 10.2. The predicted molar refractivity (Wildman–Crippen MR) is 109 cm³/mol. The lowest BCUT2D eigenvalue weighted by Crippen LogP contribution is -2.43. The molecule has 2 heterocycles. The van der Waals surface area contributed by atoms with Crippen LogP contribution in [0.1, 0.15) is 16.3 Å². The number of aryl methyl sites for hydroxylation is 1. The third-order valence-electron chi connectivity index (χ3n) is 4.55. The van der Waals surface area contributed by atoms with E-state index in [1.165, 1.54) is 0 Å². The van der Waals surface area contributed by atoms with Crippen molar-refractivity contribution in [2.75, 3.05) is 46.5 Å². The fraction of sp³-hybridized carbons (Fsp3) is 0.550. The number of methoxy groups -OCH3 is 1. The molecule has 0 radical (unpaired) electrons. The van der Waals surface area contributed by atoms with Gasteiger partial charge in [0.1, 0.15) is 6.61 Å². The number of benzene rings is 1. The minimum atomic E-state index is -0.399. The maximum absolute atomic E-state index is 10.2. The first-order valence-corrected chi connectivity index (χ1v) is 10.4. The van der Waals surface area contributed by atoms with Gasteiger partial charge in [0.05, 0.1) is 37.1 Å². The Morgan fingerprint density at radius 1 is 1.32 bits per heavy atom. The van der Waals surface area contributed by atoms with Crippen molar-refractivity contribution < 1.29 is 19.3 Å². The molecule has 1 fully saturated rings. The number of β-amino-alcohol motifs (C(OH)–C–C–N with tert-alkyl or cyclic N) is 1. The summed E-state index contributed by atoms with van der Waals surface area (Å²) in [6.07, 6.45) is -0.399. The Bertz CT molecular complexity index is 734. The van der Waals surface area contributed by atoms with E-state index in [2.05, 4.69) is 15.2 Å². The summed E-state index contributed by atoms with van der Waals surface area (Å²) in [6, 6.07) is 5.88. The van der Waals surface area contributed by atoms with Crippen molar-refractivity contribution in [2.45, 2.75) is 26.2 Å². The zero-order valence-corrected chi connectivity index (χ0v) is 17.3. The Morgan fingerprint density at radius 3 is 2.86 bits per heavy atom. The maximum atomic E-state index is 10.2. The average molecular weight is 408 g/mol. The molecule has 1 aliphatic heterocycles. The highest BCUT2D eigenvalue weighted by molar-refractivity contribution is 7.09. The molecule has 2 N–H and O–H groups in total. The summed E-state index contributed by atoms with van der Waals surface area (Å²) in [7, 11) is 1.64. The molecule has 0 amide bonds. The standard InChI is InChI=1S/C20H29N3O4S/c1-15-22-17(14-28-15)13-27-19-4-3-16(9-20(19)25-2)10-21-11-18(24)12-23-5-7-26-8-6-23/h3-4,9,14,18,21,24H,5-8,10-13H2,1-2H3/t18-/m1/s1. The van der Waals surface area contributed by atoms with Crippen LogP contribution in [0.3, 0.4) is 0 Å². The Morgan fingerprint density at radius 2 is 2.14 bits per heavy atom. The molecule has 0 bridgehead atoms. The number of hydrogen-bond acceptors (Lipinski definition) is 8. The fourth-order valence-corrected chi connectivity index (χ4v) is 3.69. The van der Waals surface area contributed by atoms with Gasteiger partial charge in [-0.05, 0) is 24.6 Å². The third kappa shape index (κ3) is 6.42. The molecule has 0 saturated carbocycles. The molecule has 1 saturated heterocycles. The number of rotatable bonds is 10. The molecule has 2 aromatic rings. The SMILES string of the molecule is COc1cc(CNC[C@@H](O)CN2CCOCC2)ccc1OCc1csc(C)n1. The molecular weight excluding hydrogens is 378 g/mol. The second-order valence-electron chi connectivity index (χ2n) is 6.83. The second kappa shape index (κ2) is 10.7. The largest absolute Gasteiger partial charge is 0.493 e. The van der Waals surface area contributed by atoms with Crippen molar-refractivity contribution in [1.29, 1.82) is 0 Å². The van der Waals surface area contributed by atoms with Crippen LogP contribution in [-0.2, 0) is 17.9 Å². The topological polar surface area (TPSA) is 76.1 Å². The molecule has 8 heteroatoms. The van der Waals surface area contributed by atoms with Crippen LogP contribution in [0.2, 0.25) is 0 Å². The number of morpholine rings is 1. The molecule has 0 unspecified atom stereocenters. The van der Waals surface area contributed by atoms with Gasteiger partial charge in [-0.2, -0.15) is 0 Å². The number of aliphatic hydroxyl groups excluding tert-OH is 1. The quantitative estimate of drug-likeness (QED) is 0.622. The lowest BCUT2D eigenvalue weighted by molar-refractivity contribution is 0.0149. The van der Waals surface area contributed by atoms with Crippen molar-refractivity contribution in [3.05, 3.63) is 39.8 Å². The summed E-state index contributed by atoms with van der Waals surface area (Å²) in [5, 5.41) is 16.6. The summed E-state index contributed by atoms with van der Waals surface area (Å²) in [5.41, 5.74) is 2.00. The van der Waals surface area contributed by atoms with Gasteiger partial charge < -0.3 is 24.6 Å². The Hall–Kier alpha value is -1.71. The normalized spacial score (nSPS) is 16.1. The van der Waals surface area contributed by atoms with Crippen molar-refractivity contribution in [3.8, 4) is 11.5 Å². The van der Waals surface area contributed by atoms with Gasteiger partial charge in [0, 0.05) is 38.1 Å². The molecule has 1 aromatic carbocycles. The highest BCUT2D eigenvalue weighted by Gasteiger charge is 2.14. The number of hydrogen-bond donors (Lipinski definition) is 2. The van der Waals surface area contributed by atoms with E-state index in [9.17, 15) is 5.11 Å². The van der Waals surface area contributed by atoms with E-state index >= 15 is 0 Å². The maximum Gasteiger partial charge on any atom is 0.161 e. The summed E-state index contributed by atoms with van der Waals surface area (Å²) in [5.74, 6) is 1.39. The van der Waals surface area contributed by atoms with E-state index in [4.69, 9.17) is 14.2 Å². The molecule has 0 spiro atoms. The monoisotopic (exact) mass is 407 g/mol. The minimum absolute atomic E-state index is 0.399. The molecule has 1 aliphatic rings. The van der Waals surface area contributed by atoms with Gasteiger partial charge in [0.2, 0.25) is 0 Å². The van der Waals surface area contributed by atoms with E-state index in [1.54, 1.807) is 18.4 Å². The van der Waals surface area contributed by atoms with Gasteiger partial charge in [-0.1, -0.05) is 6.07 Å². The molecule has 0 aliphatic carbocycles. The second-order valence-corrected chi connectivity index (χ2v) is 7.89. The smallest absolute Gasteiger partial charge is 0.161 e. The van der Waals surface area contributed by atoms with Gasteiger partial charge in [-0.15, -0.1) is 11.3 Å². The Balaban J connectivity index is 1.44. The molecule has 1 atom stereocenters. The van der Waals surface area contributed by atoms with Crippen LogP contribution in [0.25, 0.3) is 0 Å². The lowest BCUT2D eigenvalue weighted by Gasteiger charge is -2.28. The van der Waals surface area contributed by atoms with E-state index in [-0.39, 0.29) is 0 Å². The first kappa shape index (κ1) is 21.0. The molecule has 28 heavy (non-hydrogen) atoms. The third-order valence-corrected chi connectivity index (χ3v) is 5.37. The van der Waals surface area contributed by atoms with Crippen molar-refractivity contribution in [3.63, 3.8) is 0 Å². The summed E-state index contributed by atoms with van der Waals surface area (Å²) < 4.78 is 16.7. The molecule has 3 rings (SSSR count). The van der Waals surface area contributed by atoms with Crippen LogP contribution in [-0.4, -0.2) is 67.6 Å². The zero-order valence-electron chi connectivity index (χ0n) is 16.5. The van der Waals surface area contributed by atoms with E-state index in [1.807, 2.05) is 30.5 Å². The number of aliphatic hydroxyl groups is 1. The average Bonchev–Trinajstić information content (AvgIpc) is 3.12. The molecule has 154 valence electrons. The highest BCUT2D eigenvalue weighted by Crippen LogP contribution is 2.29. The number of nitrogens with one attached hydrogen (secondary N) is 1. The summed E-state index contributed by atoms with van der Waals surface area (Å²) in [6.45, 7) is 7.53. The highest BCUT2D eigenvalue weighted by atomic mass is 32.1. The number of aromatic nitrogens is 1. The van der Waals surface area contributed by atoms with Crippen molar-refractivity contribution in [2.24, 2.45) is 0 Å². The van der Waals surface area contributed by atoms with E-state index in [0.29, 0.717) is 37.7 Å². The van der Waals surface area contributed by atoms with Gasteiger partial charge in [0.15, 0.2) is 11.5 Å². The van der Waals surface area contributed by atoms with Gasteiger partial charge in [-0.3, -0.25) is 4.90 Å². The number of nitrogens with zero attached hydrogens (tertiary/aromatic N) is 2. The van der Waals surface area contributed by atoms with Gasteiger partial charge >= 0.3 is 0 Å². The van der Waals surface area contributed by atoms with Crippen molar-refractivity contribution >= 4 is 11.3 Å². The molecule has 7 nitrogen and oxygen atoms in total. The minimum Gasteiger partial charge on any atom is -0.493 e. The number of thiazole rings is 1.